The molecule has 0 atom stereocenters. The van der Waals surface area contributed by atoms with Gasteiger partial charge in [-0.1, -0.05) is 160 Å². The van der Waals surface area contributed by atoms with Gasteiger partial charge in [0.15, 0.2) is 0 Å². The molecule has 0 saturated carbocycles. The van der Waals surface area contributed by atoms with Crippen molar-refractivity contribution >= 4 is 21.5 Å². The Hall–Kier alpha value is -4.94. The van der Waals surface area contributed by atoms with Crippen LogP contribution in [0.3, 0.4) is 0 Å². The fraction of sp³-hybridized carbons (Fsp3) is 0.0952. The minimum Gasteiger partial charge on any atom is -0.0622 e. The molecule has 0 unspecified atom stereocenters. The Labute approximate surface area is 247 Å². The third-order valence-electron chi connectivity index (χ3n) is 8.98. The first kappa shape index (κ1) is 24.8. The maximum atomic E-state index is 2.38. The highest BCUT2D eigenvalue weighted by atomic mass is 14.3. The average molecular weight is 537 g/mol. The minimum absolute atomic E-state index is 0.131. The predicted molar refractivity (Wildman–Crippen MR) is 181 cm³/mol. The molecule has 0 amide bonds. The fourth-order valence-corrected chi connectivity index (χ4v) is 7.01. The van der Waals surface area contributed by atoms with Crippen molar-refractivity contribution in [2.24, 2.45) is 0 Å². The molecular weight excluding hydrogens is 504 g/mol. The lowest BCUT2D eigenvalue weighted by molar-refractivity contribution is 0.590. The molecule has 0 nitrogen and oxygen atoms in total. The Kier molecular flexibility index (Phi) is 5.49. The number of hydrogen-bond acceptors (Lipinski definition) is 0. The summed E-state index contributed by atoms with van der Waals surface area (Å²) in [5, 5.41) is 5.26. The zero-order valence-corrected chi connectivity index (χ0v) is 24.3. The van der Waals surface area contributed by atoms with E-state index < -0.39 is 0 Å². The van der Waals surface area contributed by atoms with Crippen molar-refractivity contribution in [1.82, 2.24) is 0 Å². The van der Waals surface area contributed by atoms with Crippen molar-refractivity contribution in [2.75, 3.05) is 0 Å². The van der Waals surface area contributed by atoms with Crippen LogP contribution in [0.5, 0.6) is 0 Å². The van der Waals surface area contributed by atoms with Gasteiger partial charge >= 0.3 is 0 Å². The molecule has 0 saturated heterocycles. The number of fused-ring (bicyclic) bond motifs is 4. The molecule has 7 aromatic rings. The molecule has 200 valence electrons. The van der Waals surface area contributed by atoms with Crippen LogP contribution in [0.25, 0.3) is 77.2 Å². The maximum Gasteiger partial charge on any atom is -0.000741 e. The van der Waals surface area contributed by atoms with Crippen molar-refractivity contribution in [3.63, 3.8) is 0 Å². The van der Waals surface area contributed by atoms with E-state index >= 15 is 0 Å². The highest BCUT2D eigenvalue weighted by molar-refractivity contribution is 6.28. The maximum absolute atomic E-state index is 2.38. The van der Waals surface area contributed by atoms with Gasteiger partial charge in [0.2, 0.25) is 0 Å². The second-order valence-electron chi connectivity index (χ2n) is 12.5. The SMILES string of the molecule is CC(C)(C)c1ccc(-c2ccc3c4c(cccc24)-c2c-3c(-c3ccccc3)c3ccccc3c2-c2ccccc2)cc1. The molecule has 0 aliphatic heterocycles. The lowest BCUT2D eigenvalue weighted by Crippen LogP contribution is -2.10. The van der Waals surface area contributed by atoms with Gasteiger partial charge in [-0.2, -0.15) is 0 Å². The van der Waals surface area contributed by atoms with Crippen LogP contribution in [-0.2, 0) is 5.41 Å². The third-order valence-corrected chi connectivity index (χ3v) is 8.98. The Morgan fingerprint density at radius 1 is 0.333 bits per heavy atom. The summed E-state index contributed by atoms with van der Waals surface area (Å²) in [6.45, 7) is 6.82. The molecule has 0 N–H and O–H groups in total. The molecule has 1 aliphatic rings. The molecular formula is C42H32. The molecule has 0 heterocycles. The van der Waals surface area contributed by atoms with Crippen LogP contribution in [0.2, 0.25) is 0 Å². The van der Waals surface area contributed by atoms with Crippen molar-refractivity contribution in [1.29, 1.82) is 0 Å². The van der Waals surface area contributed by atoms with Crippen molar-refractivity contribution in [3.8, 4) is 55.6 Å². The summed E-state index contributed by atoms with van der Waals surface area (Å²) in [6, 6.07) is 51.6. The van der Waals surface area contributed by atoms with E-state index in [4.69, 9.17) is 0 Å². The van der Waals surface area contributed by atoms with Gasteiger partial charge in [0.25, 0.3) is 0 Å². The van der Waals surface area contributed by atoms with Crippen LogP contribution in [0.1, 0.15) is 26.3 Å². The Morgan fingerprint density at radius 3 is 1.36 bits per heavy atom. The summed E-state index contributed by atoms with van der Waals surface area (Å²) in [4.78, 5) is 0. The van der Waals surface area contributed by atoms with Gasteiger partial charge < -0.3 is 0 Å². The summed E-state index contributed by atoms with van der Waals surface area (Å²) in [5.74, 6) is 0. The van der Waals surface area contributed by atoms with Crippen LogP contribution < -0.4 is 0 Å². The van der Waals surface area contributed by atoms with Crippen LogP contribution in [0.15, 0.2) is 140 Å². The summed E-state index contributed by atoms with van der Waals surface area (Å²) < 4.78 is 0. The van der Waals surface area contributed by atoms with Crippen molar-refractivity contribution in [3.05, 3.63) is 145 Å². The number of benzene rings is 7. The highest BCUT2D eigenvalue weighted by Crippen LogP contribution is 2.58. The molecule has 0 aromatic heterocycles. The largest absolute Gasteiger partial charge is 0.0622 e. The van der Waals surface area contributed by atoms with Gasteiger partial charge in [0.05, 0.1) is 0 Å². The quantitative estimate of drug-likeness (QED) is 0.211. The summed E-state index contributed by atoms with van der Waals surface area (Å²) in [5.41, 5.74) is 14.5. The smallest absolute Gasteiger partial charge is 0.000741 e. The summed E-state index contributed by atoms with van der Waals surface area (Å²) in [6.07, 6.45) is 0. The van der Waals surface area contributed by atoms with Crippen molar-refractivity contribution in [2.45, 2.75) is 26.2 Å². The van der Waals surface area contributed by atoms with Crippen molar-refractivity contribution < 1.29 is 0 Å². The predicted octanol–water partition coefficient (Wildman–Crippen LogP) is 11.9. The van der Waals surface area contributed by atoms with Gasteiger partial charge in [-0.3, -0.25) is 0 Å². The van der Waals surface area contributed by atoms with E-state index in [9.17, 15) is 0 Å². The standard InChI is InChI=1S/C42H32/c1-42(2,3)30-23-21-27(22-24-30)31-25-26-36-39-32(31)19-12-20-35(39)40-37(28-13-6-4-7-14-28)33-17-10-11-18-34(33)38(41(36)40)29-15-8-5-9-16-29/h4-26H,1-3H3. The first-order valence-corrected chi connectivity index (χ1v) is 14.9. The van der Waals surface area contributed by atoms with E-state index in [0.29, 0.717) is 0 Å². The van der Waals surface area contributed by atoms with E-state index in [1.807, 2.05) is 0 Å². The molecule has 42 heavy (non-hydrogen) atoms. The molecule has 8 rings (SSSR count). The third kappa shape index (κ3) is 3.68. The van der Waals surface area contributed by atoms with Crippen LogP contribution in [0, 0.1) is 0 Å². The van der Waals surface area contributed by atoms with E-state index in [1.54, 1.807) is 0 Å². The van der Waals surface area contributed by atoms with Gasteiger partial charge in [0, 0.05) is 0 Å². The minimum atomic E-state index is 0.131. The topological polar surface area (TPSA) is 0 Å². The lowest BCUT2D eigenvalue weighted by atomic mass is 9.82. The molecule has 7 aromatic carbocycles. The average Bonchev–Trinajstić information content (AvgIpc) is 3.35. The second-order valence-corrected chi connectivity index (χ2v) is 12.5. The van der Waals surface area contributed by atoms with Crippen LogP contribution in [-0.4, -0.2) is 0 Å². The summed E-state index contributed by atoms with van der Waals surface area (Å²) >= 11 is 0. The van der Waals surface area contributed by atoms with E-state index in [2.05, 4.69) is 160 Å². The fourth-order valence-electron chi connectivity index (χ4n) is 7.01. The Balaban J connectivity index is 1.50. The van der Waals surface area contributed by atoms with Gasteiger partial charge in [0.1, 0.15) is 0 Å². The van der Waals surface area contributed by atoms with Crippen LogP contribution >= 0.6 is 0 Å². The normalized spacial score (nSPS) is 12.2. The number of rotatable bonds is 3. The molecule has 0 bridgehead atoms. The van der Waals surface area contributed by atoms with E-state index in [0.717, 1.165) is 0 Å². The first-order chi connectivity index (χ1) is 20.5. The van der Waals surface area contributed by atoms with Gasteiger partial charge in [-0.25, -0.2) is 0 Å². The lowest BCUT2D eigenvalue weighted by Gasteiger charge is -2.20. The monoisotopic (exact) mass is 536 g/mol. The molecule has 1 aliphatic carbocycles. The number of hydrogen-bond donors (Lipinski definition) is 0. The second kappa shape index (κ2) is 9.29. The highest BCUT2D eigenvalue weighted by Gasteiger charge is 2.31. The Morgan fingerprint density at radius 2 is 0.810 bits per heavy atom. The zero-order valence-electron chi connectivity index (χ0n) is 24.3. The molecule has 0 fully saturated rings. The molecule has 0 heteroatoms. The zero-order chi connectivity index (χ0) is 28.4. The van der Waals surface area contributed by atoms with Crippen LogP contribution in [0.4, 0.5) is 0 Å². The Bertz CT molecular complexity index is 2030. The van der Waals surface area contributed by atoms with E-state index in [1.165, 1.54) is 82.7 Å². The van der Waals surface area contributed by atoms with E-state index in [-0.39, 0.29) is 5.41 Å². The molecule has 0 radical (unpaired) electrons. The van der Waals surface area contributed by atoms with Gasteiger partial charge in [-0.15, -0.1) is 0 Å². The summed E-state index contributed by atoms with van der Waals surface area (Å²) in [7, 11) is 0. The molecule has 0 spiro atoms. The first-order valence-electron chi connectivity index (χ1n) is 14.9. The van der Waals surface area contributed by atoms with Gasteiger partial charge in [-0.05, 0) is 88.2 Å².